The molecule has 174 valence electrons. The zero-order valence-electron chi connectivity index (χ0n) is 19.5. The first-order valence-corrected chi connectivity index (χ1v) is 12.6. The minimum Gasteiger partial charge on any atom is -0.324 e. The molecule has 3 aromatic rings. The van der Waals surface area contributed by atoms with Gasteiger partial charge in [0.25, 0.3) is 10.0 Å². The number of benzene rings is 3. The molecule has 5 nitrogen and oxygen atoms in total. The quantitative estimate of drug-likeness (QED) is 0.432. The lowest BCUT2D eigenvalue weighted by Crippen LogP contribution is -2.38. The number of amides is 1. The van der Waals surface area contributed by atoms with Gasteiger partial charge in [0, 0.05) is 10.7 Å². The van der Waals surface area contributed by atoms with Gasteiger partial charge in [0.05, 0.1) is 10.6 Å². The van der Waals surface area contributed by atoms with Crippen molar-refractivity contribution in [1.82, 2.24) is 0 Å². The van der Waals surface area contributed by atoms with Crippen LogP contribution in [0.1, 0.15) is 42.0 Å². The molecule has 0 atom stereocenters. The van der Waals surface area contributed by atoms with E-state index in [1.54, 1.807) is 12.1 Å². The SMILES string of the molecule is Cc1ccc(N(CC(=O)Nc2c(C)cccc2C(C)C)S(=O)(=O)c2ccc(Cl)cc2)cc1C. The van der Waals surface area contributed by atoms with Crippen LogP contribution in [0.2, 0.25) is 5.02 Å². The van der Waals surface area contributed by atoms with Crippen LogP contribution in [0.3, 0.4) is 0 Å². The highest BCUT2D eigenvalue weighted by atomic mass is 35.5. The molecule has 0 aromatic heterocycles. The molecular formula is C26H29ClN2O3S. The molecule has 7 heteroatoms. The third-order valence-corrected chi connectivity index (χ3v) is 7.70. The lowest BCUT2D eigenvalue weighted by molar-refractivity contribution is -0.114. The topological polar surface area (TPSA) is 66.5 Å². The molecule has 3 aromatic carbocycles. The van der Waals surface area contributed by atoms with Crippen molar-refractivity contribution in [2.45, 2.75) is 45.4 Å². The summed E-state index contributed by atoms with van der Waals surface area (Å²) in [6, 6.07) is 17.1. The monoisotopic (exact) mass is 484 g/mol. The van der Waals surface area contributed by atoms with Gasteiger partial charge >= 0.3 is 0 Å². The number of hydrogen-bond donors (Lipinski definition) is 1. The van der Waals surface area contributed by atoms with Gasteiger partial charge < -0.3 is 5.32 Å². The van der Waals surface area contributed by atoms with Crippen LogP contribution in [0.4, 0.5) is 11.4 Å². The maximum atomic E-state index is 13.6. The molecule has 1 N–H and O–H groups in total. The highest BCUT2D eigenvalue weighted by Gasteiger charge is 2.28. The van der Waals surface area contributed by atoms with E-state index in [4.69, 9.17) is 11.6 Å². The molecule has 3 rings (SSSR count). The molecule has 0 unspecified atom stereocenters. The van der Waals surface area contributed by atoms with Gasteiger partial charge in [0.15, 0.2) is 0 Å². The van der Waals surface area contributed by atoms with Gasteiger partial charge in [-0.1, -0.05) is 49.7 Å². The first-order valence-electron chi connectivity index (χ1n) is 10.8. The Morgan fingerprint density at radius 3 is 2.21 bits per heavy atom. The summed E-state index contributed by atoms with van der Waals surface area (Å²) in [5, 5.41) is 3.39. The van der Waals surface area contributed by atoms with Crippen molar-refractivity contribution in [2.75, 3.05) is 16.2 Å². The highest BCUT2D eigenvalue weighted by Crippen LogP contribution is 2.29. The van der Waals surface area contributed by atoms with E-state index in [2.05, 4.69) is 19.2 Å². The molecule has 33 heavy (non-hydrogen) atoms. The van der Waals surface area contributed by atoms with Crippen LogP contribution in [0.5, 0.6) is 0 Å². The van der Waals surface area contributed by atoms with Crippen LogP contribution >= 0.6 is 11.6 Å². The largest absolute Gasteiger partial charge is 0.324 e. The van der Waals surface area contributed by atoms with E-state index in [-0.39, 0.29) is 17.4 Å². The standard InChI is InChI=1S/C26H29ClN2O3S/c1-17(2)24-8-6-7-19(4)26(24)28-25(30)16-29(22-12-9-18(3)20(5)15-22)33(31,32)23-13-10-21(27)11-14-23/h6-15,17H,16H2,1-5H3,(H,28,30). The minimum atomic E-state index is -4.01. The number of carbonyl (C=O) groups is 1. The molecule has 0 aliphatic heterocycles. The van der Waals surface area contributed by atoms with Crippen LogP contribution in [0, 0.1) is 20.8 Å². The number of halogens is 1. The van der Waals surface area contributed by atoms with E-state index in [1.165, 1.54) is 24.3 Å². The summed E-state index contributed by atoms with van der Waals surface area (Å²) in [4.78, 5) is 13.2. The minimum absolute atomic E-state index is 0.0664. The fourth-order valence-electron chi connectivity index (χ4n) is 3.58. The second-order valence-corrected chi connectivity index (χ2v) is 10.8. The Bertz CT molecular complexity index is 1270. The summed E-state index contributed by atoms with van der Waals surface area (Å²) in [7, 11) is -4.01. The Morgan fingerprint density at radius 1 is 0.939 bits per heavy atom. The number of nitrogens with one attached hydrogen (secondary N) is 1. The second kappa shape index (κ2) is 9.98. The number of sulfonamides is 1. The second-order valence-electron chi connectivity index (χ2n) is 8.48. The van der Waals surface area contributed by atoms with E-state index >= 15 is 0 Å². The number of nitrogens with zero attached hydrogens (tertiary/aromatic N) is 1. The van der Waals surface area contributed by atoms with Crippen molar-refractivity contribution in [3.8, 4) is 0 Å². The zero-order valence-corrected chi connectivity index (χ0v) is 21.1. The molecule has 0 saturated heterocycles. The predicted octanol–water partition coefficient (Wildman–Crippen LogP) is 6.22. The molecule has 0 heterocycles. The number of hydrogen-bond acceptors (Lipinski definition) is 3. The van der Waals surface area contributed by atoms with Crippen LogP contribution in [0.25, 0.3) is 0 Å². The Morgan fingerprint density at radius 2 is 1.61 bits per heavy atom. The van der Waals surface area contributed by atoms with Crippen molar-refractivity contribution >= 4 is 38.9 Å². The summed E-state index contributed by atoms with van der Waals surface area (Å²) >= 11 is 5.95. The van der Waals surface area contributed by atoms with Crippen LogP contribution in [0.15, 0.2) is 65.6 Å². The summed E-state index contributed by atoms with van der Waals surface area (Å²) in [5.74, 6) is -0.212. The van der Waals surface area contributed by atoms with E-state index in [0.717, 1.165) is 32.2 Å². The fourth-order valence-corrected chi connectivity index (χ4v) is 5.12. The molecule has 0 bridgehead atoms. The van der Waals surface area contributed by atoms with Crippen molar-refractivity contribution in [3.63, 3.8) is 0 Å². The summed E-state index contributed by atoms with van der Waals surface area (Å²) in [5.41, 5.74) is 5.05. The van der Waals surface area contributed by atoms with Gasteiger partial charge in [-0.3, -0.25) is 9.10 Å². The van der Waals surface area contributed by atoms with Crippen LogP contribution in [-0.4, -0.2) is 20.9 Å². The van der Waals surface area contributed by atoms with Crippen molar-refractivity contribution in [2.24, 2.45) is 0 Å². The Kier molecular flexibility index (Phi) is 7.50. The van der Waals surface area contributed by atoms with E-state index < -0.39 is 15.9 Å². The molecule has 0 saturated carbocycles. The Labute approximate surface area is 201 Å². The van der Waals surface area contributed by atoms with E-state index in [1.807, 2.05) is 45.0 Å². The fraction of sp³-hybridized carbons (Fsp3) is 0.269. The summed E-state index contributed by atoms with van der Waals surface area (Å²) < 4.78 is 28.3. The average molecular weight is 485 g/mol. The van der Waals surface area contributed by atoms with E-state index in [0.29, 0.717) is 10.7 Å². The Hall–Kier alpha value is -2.83. The first kappa shape index (κ1) is 24.8. The normalized spacial score (nSPS) is 11.5. The smallest absolute Gasteiger partial charge is 0.264 e. The van der Waals surface area contributed by atoms with Gasteiger partial charge in [0.1, 0.15) is 6.54 Å². The maximum Gasteiger partial charge on any atom is 0.264 e. The van der Waals surface area contributed by atoms with Gasteiger partial charge in [-0.25, -0.2) is 8.42 Å². The highest BCUT2D eigenvalue weighted by molar-refractivity contribution is 7.92. The molecule has 0 spiro atoms. The molecule has 0 aliphatic carbocycles. The molecular weight excluding hydrogens is 456 g/mol. The van der Waals surface area contributed by atoms with Gasteiger partial charge in [-0.15, -0.1) is 0 Å². The molecule has 0 fully saturated rings. The molecule has 1 amide bonds. The number of para-hydroxylation sites is 1. The first-order chi connectivity index (χ1) is 15.5. The number of anilines is 2. The lowest BCUT2D eigenvalue weighted by Gasteiger charge is -2.25. The Balaban J connectivity index is 2.01. The average Bonchev–Trinajstić information content (AvgIpc) is 2.75. The third-order valence-electron chi connectivity index (χ3n) is 5.66. The van der Waals surface area contributed by atoms with Gasteiger partial charge in [0.2, 0.25) is 5.91 Å². The number of aryl methyl sites for hydroxylation is 3. The maximum absolute atomic E-state index is 13.6. The number of rotatable bonds is 7. The predicted molar refractivity (Wildman–Crippen MR) is 136 cm³/mol. The van der Waals surface area contributed by atoms with Crippen molar-refractivity contribution in [3.05, 3.63) is 87.9 Å². The van der Waals surface area contributed by atoms with Crippen LogP contribution in [-0.2, 0) is 14.8 Å². The summed E-state index contributed by atoms with van der Waals surface area (Å²) in [6.07, 6.45) is 0. The van der Waals surface area contributed by atoms with Crippen molar-refractivity contribution < 1.29 is 13.2 Å². The van der Waals surface area contributed by atoms with Gasteiger partial charge in [-0.2, -0.15) is 0 Å². The van der Waals surface area contributed by atoms with E-state index in [9.17, 15) is 13.2 Å². The molecule has 0 radical (unpaired) electrons. The zero-order chi connectivity index (χ0) is 24.3. The number of carbonyl (C=O) groups excluding carboxylic acids is 1. The lowest BCUT2D eigenvalue weighted by atomic mass is 9.98. The van der Waals surface area contributed by atoms with Gasteiger partial charge in [-0.05, 0) is 85.3 Å². The van der Waals surface area contributed by atoms with Crippen molar-refractivity contribution in [1.29, 1.82) is 0 Å². The third kappa shape index (κ3) is 5.57. The summed E-state index contributed by atoms with van der Waals surface area (Å²) in [6.45, 7) is 9.53. The van der Waals surface area contributed by atoms with Crippen LogP contribution < -0.4 is 9.62 Å². The molecule has 0 aliphatic rings.